The topological polar surface area (TPSA) is 60.2 Å². The van der Waals surface area contributed by atoms with Crippen molar-refractivity contribution in [3.05, 3.63) is 52.8 Å². The Bertz CT molecular complexity index is 625. The van der Waals surface area contributed by atoms with Crippen LogP contribution in [0.15, 0.2) is 52.1 Å². The van der Waals surface area contributed by atoms with Gasteiger partial charge >= 0.3 is 0 Å². The molecule has 2 unspecified atom stereocenters. The van der Waals surface area contributed by atoms with Crippen LogP contribution in [0.4, 0.5) is 0 Å². The summed E-state index contributed by atoms with van der Waals surface area (Å²) >= 11 is 5.25. The van der Waals surface area contributed by atoms with Crippen LogP contribution in [0.3, 0.4) is 0 Å². The molecule has 0 saturated carbocycles. The zero-order chi connectivity index (χ0) is 14.7. The molecule has 1 aliphatic rings. The maximum Gasteiger partial charge on any atom is 0.133 e. The van der Waals surface area contributed by atoms with Crippen molar-refractivity contribution in [2.45, 2.75) is 23.5 Å². The van der Waals surface area contributed by atoms with Crippen molar-refractivity contribution in [3.63, 3.8) is 0 Å². The number of aromatic nitrogens is 1. The first-order chi connectivity index (χ1) is 10.3. The minimum atomic E-state index is 0.0360. The van der Waals surface area contributed by atoms with Crippen LogP contribution < -0.4 is 16.0 Å². The first-order valence-electron chi connectivity index (χ1n) is 6.70. The summed E-state index contributed by atoms with van der Waals surface area (Å²) in [5.74, 6) is 7.56. The van der Waals surface area contributed by atoms with Crippen LogP contribution in [0, 0.1) is 0 Å². The van der Waals surface area contributed by atoms with Crippen molar-refractivity contribution in [1.29, 1.82) is 0 Å². The number of nitrogens with two attached hydrogens (primary N) is 1. The zero-order valence-corrected chi connectivity index (χ0v) is 13.7. The lowest BCUT2D eigenvalue weighted by molar-refractivity contribution is 0.165. The molecule has 0 aliphatic carbocycles. The fourth-order valence-corrected chi connectivity index (χ4v) is 3.84. The second-order valence-corrected chi connectivity index (χ2v) is 6.88. The Hall–Kier alpha value is -1.08. The summed E-state index contributed by atoms with van der Waals surface area (Å²) in [6, 6.07) is 10.2. The average molecular weight is 366 g/mol. The highest BCUT2D eigenvalue weighted by molar-refractivity contribution is 9.10. The lowest BCUT2D eigenvalue weighted by Gasteiger charge is -2.31. The highest BCUT2D eigenvalue weighted by atomic mass is 79.9. The third kappa shape index (κ3) is 3.58. The van der Waals surface area contributed by atoms with Crippen LogP contribution in [0.2, 0.25) is 0 Å². The highest BCUT2D eigenvalue weighted by Crippen LogP contribution is 2.36. The first-order valence-corrected chi connectivity index (χ1v) is 8.48. The summed E-state index contributed by atoms with van der Waals surface area (Å²) in [5.41, 5.74) is 4.01. The molecule has 21 heavy (non-hydrogen) atoms. The number of pyridine rings is 1. The summed E-state index contributed by atoms with van der Waals surface area (Å²) in [4.78, 5) is 5.38. The molecule has 1 aromatic heterocycles. The molecule has 0 bridgehead atoms. The second-order valence-electron chi connectivity index (χ2n) is 4.90. The molecule has 2 atom stereocenters. The van der Waals surface area contributed by atoms with Gasteiger partial charge in [-0.1, -0.05) is 12.1 Å². The number of nitrogens with one attached hydrogen (secondary N) is 1. The quantitative estimate of drug-likeness (QED) is 0.644. The van der Waals surface area contributed by atoms with E-state index in [0.717, 1.165) is 28.0 Å². The molecule has 0 spiro atoms. The molecule has 0 saturated heterocycles. The molecular weight excluding hydrogens is 350 g/mol. The van der Waals surface area contributed by atoms with Crippen molar-refractivity contribution < 1.29 is 4.74 Å². The average Bonchev–Trinajstić information content (AvgIpc) is 2.52. The Morgan fingerprint density at radius 2 is 2.29 bits per heavy atom. The van der Waals surface area contributed by atoms with Gasteiger partial charge in [0, 0.05) is 27.5 Å². The number of hydrazine groups is 1. The number of hydrogen-bond acceptors (Lipinski definition) is 5. The van der Waals surface area contributed by atoms with Gasteiger partial charge in [0.15, 0.2) is 0 Å². The van der Waals surface area contributed by atoms with Crippen molar-refractivity contribution in [2.75, 3.05) is 5.75 Å². The van der Waals surface area contributed by atoms with E-state index in [1.54, 1.807) is 6.20 Å². The van der Waals surface area contributed by atoms with Gasteiger partial charge in [0.1, 0.15) is 11.9 Å². The Kier molecular flexibility index (Phi) is 4.80. The lowest BCUT2D eigenvalue weighted by atomic mass is 10.0. The Balaban J connectivity index is 1.73. The van der Waals surface area contributed by atoms with Gasteiger partial charge < -0.3 is 4.74 Å². The van der Waals surface area contributed by atoms with E-state index in [9.17, 15) is 0 Å². The molecule has 0 amide bonds. The molecule has 0 fully saturated rings. The van der Waals surface area contributed by atoms with Crippen molar-refractivity contribution in [1.82, 2.24) is 10.4 Å². The molecular formula is C15H16BrN3OS. The number of rotatable bonds is 4. The number of nitrogens with zero attached hydrogens (tertiary/aromatic N) is 1. The minimum Gasteiger partial charge on any atom is -0.487 e. The van der Waals surface area contributed by atoms with Gasteiger partial charge in [-0.15, -0.1) is 11.8 Å². The Labute approximate surface area is 136 Å². The van der Waals surface area contributed by atoms with E-state index in [-0.39, 0.29) is 12.1 Å². The van der Waals surface area contributed by atoms with E-state index in [1.807, 2.05) is 36.2 Å². The molecule has 6 heteroatoms. The number of ether oxygens (including phenoxy) is 1. The predicted molar refractivity (Wildman–Crippen MR) is 88.3 cm³/mol. The van der Waals surface area contributed by atoms with Crippen LogP contribution in [0.1, 0.15) is 5.56 Å². The van der Waals surface area contributed by atoms with E-state index in [4.69, 9.17) is 10.6 Å². The Morgan fingerprint density at radius 1 is 1.43 bits per heavy atom. The monoisotopic (exact) mass is 365 g/mol. The normalized spacial score (nSPS) is 18.7. The number of fused-ring (bicyclic) bond motifs is 1. The summed E-state index contributed by atoms with van der Waals surface area (Å²) in [6.07, 6.45) is 4.45. The minimum absolute atomic E-state index is 0.0360. The summed E-state index contributed by atoms with van der Waals surface area (Å²) < 4.78 is 7.06. The molecule has 110 valence electrons. The number of halogens is 1. The van der Waals surface area contributed by atoms with Crippen molar-refractivity contribution in [2.24, 2.45) is 5.84 Å². The number of para-hydroxylation sites is 1. The van der Waals surface area contributed by atoms with Crippen molar-refractivity contribution >= 4 is 27.7 Å². The molecule has 4 nitrogen and oxygen atoms in total. The predicted octanol–water partition coefficient (Wildman–Crippen LogP) is 2.77. The van der Waals surface area contributed by atoms with Crippen LogP contribution in [0.5, 0.6) is 5.75 Å². The largest absolute Gasteiger partial charge is 0.487 e. The highest BCUT2D eigenvalue weighted by Gasteiger charge is 2.27. The second kappa shape index (κ2) is 6.79. The van der Waals surface area contributed by atoms with Gasteiger partial charge in [0.2, 0.25) is 0 Å². The van der Waals surface area contributed by atoms with Crippen molar-refractivity contribution in [3.8, 4) is 5.75 Å². The van der Waals surface area contributed by atoms with Gasteiger partial charge in [-0.2, -0.15) is 0 Å². The van der Waals surface area contributed by atoms with Crippen LogP contribution >= 0.6 is 27.7 Å². The third-order valence-corrected chi connectivity index (χ3v) is 4.99. The first kappa shape index (κ1) is 14.8. The fourth-order valence-electron chi connectivity index (χ4n) is 2.35. The van der Waals surface area contributed by atoms with Gasteiger partial charge in [0.25, 0.3) is 0 Å². The maximum absolute atomic E-state index is 6.09. The third-order valence-electron chi connectivity index (χ3n) is 3.41. The number of hydrogen-bond donors (Lipinski definition) is 2. The van der Waals surface area contributed by atoms with Gasteiger partial charge in [-0.25, -0.2) is 0 Å². The van der Waals surface area contributed by atoms with E-state index in [1.165, 1.54) is 4.90 Å². The Morgan fingerprint density at radius 3 is 3.10 bits per heavy atom. The summed E-state index contributed by atoms with van der Waals surface area (Å²) in [6.45, 7) is 0. The van der Waals surface area contributed by atoms with Crippen LogP contribution in [-0.4, -0.2) is 22.9 Å². The molecule has 3 N–H and O–H groups in total. The number of benzene rings is 1. The van der Waals surface area contributed by atoms with Gasteiger partial charge in [0.05, 0.1) is 6.04 Å². The number of thioether (sulfide) groups is 1. The molecule has 3 rings (SSSR count). The standard InChI is InChI=1S/C15H16BrN3OS/c16-11-5-10(7-18-8-11)6-12(19-17)14-9-21-15-4-2-1-3-13(15)20-14/h1-5,7-8,12,14,19H,6,9,17H2. The molecule has 1 aromatic carbocycles. The smallest absolute Gasteiger partial charge is 0.133 e. The fraction of sp³-hybridized carbons (Fsp3) is 0.267. The molecule has 2 aromatic rings. The molecule has 2 heterocycles. The van der Waals surface area contributed by atoms with E-state index in [2.05, 4.69) is 38.5 Å². The SMILES string of the molecule is NNC(Cc1cncc(Br)c1)C1CSc2ccccc2O1. The van der Waals surface area contributed by atoms with E-state index < -0.39 is 0 Å². The van der Waals surface area contributed by atoms with E-state index >= 15 is 0 Å². The lowest BCUT2D eigenvalue weighted by Crippen LogP contribution is -2.50. The molecule has 0 radical (unpaired) electrons. The summed E-state index contributed by atoms with van der Waals surface area (Å²) in [5, 5.41) is 0. The maximum atomic E-state index is 6.09. The van der Waals surface area contributed by atoms with Crippen LogP contribution in [0.25, 0.3) is 0 Å². The summed E-state index contributed by atoms with van der Waals surface area (Å²) in [7, 11) is 0. The van der Waals surface area contributed by atoms with Gasteiger partial charge in [-0.3, -0.25) is 16.3 Å². The zero-order valence-electron chi connectivity index (χ0n) is 11.3. The van der Waals surface area contributed by atoms with Crippen LogP contribution in [-0.2, 0) is 6.42 Å². The van der Waals surface area contributed by atoms with Gasteiger partial charge in [-0.05, 0) is 46.1 Å². The molecule has 1 aliphatic heterocycles. The van der Waals surface area contributed by atoms with E-state index in [0.29, 0.717) is 0 Å².